The van der Waals surface area contributed by atoms with Gasteiger partial charge >= 0.3 is 6.18 Å². The van der Waals surface area contributed by atoms with Gasteiger partial charge < -0.3 is 10.6 Å². The largest absolute Gasteiger partial charge is 0.404 e. The standard InChI is InChI=1S/C12H20F3N3O/c1-2-17-6-8-3-4-9(7-17)18(8)11(19)5-10(16)12(13,14)15/h8-10H,2-7,16H2,1H3. The Kier molecular flexibility index (Phi) is 4.06. The van der Waals surface area contributed by atoms with Gasteiger partial charge in [-0.15, -0.1) is 0 Å². The van der Waals surface area contributed by atoms with Crippen LogP contribution < -0.4 is 5.73 Å². The first-order valence-corrected chi connectivity index (χ1v) is 6.68. The van der Waals surface area contributed by atoms with Crippen molar-refractivity contribution in [2.45, 2.75) is 50.5 Å². The van der Waals surface area contributed by atoms with E-state index >= 15 is 0 Å². The molecule has 2 N–H and O–H groups in total. The number of fused-ring (bicyclic) bond motifs is 2. The van der Waals surface area contributed by atoms with Crippen molar-refractivity contribution >= 4 is 5.91 Å². The fourth-order valence-electron chi connectivity index (χ4n) is 3.06. The van der Waals surface area contributed by atoms with E-state index in [0.29, 0.717) is 0 Å². The van der Waals surface area contributed by atoms with Gasteiger partial charge in [-0.1, -0.05) is 6.92 Å². The fourth-order valence-corrected chi connectivity index (χ4v) is 3.06. The molecule has 0 aliphatic carbocycles. The molecular formula is C12H20F3N3O. The molecule has 2 bridgehead atoms. The van der Waals surface area contributed by atoms with Gasteiger partial charge in [0.1, 0.15) is 6.04 Å². The van der Waals surface area contributed by atoms with Crippen molar-refractivity contribution in [2.24, 2.45) is 5.73 Å². The molecule has 7 heteroatoms. The lowest BCUT2D eigenvalue weighted by atomic mass is 10.1. The van der Waals surface area contributed by atoms with Crippen molar-refractivity contribution in [1.29, 1.82) is 0 Å². The number of carbonyl (C=O) groups excluding carboxylic acids is 1. The zero-order chi connectivity index (χ0) is 14.2. The highest BCUT2D eigenvalue weighted by Crippen LogP contribution is 2.31. The Morgan fingerprint density at radius 3 is 2.26 bits per heavy atom. The second-order valence-electron chi connectivity index (χ2n) is 5.39. The molecule has 4 nitrogen and oxygen atoms in total. The van der Waals surface area contributed by atoms with E-state index in [2.05, 4.69) is 11.8 Å². The summed E-state index contributed by atoms with van der Waals surface area (Å²) < 4.78 is 37.2. The van der Waals surface area contributed by atoms with Crippen molar-refractivity contribution in [1.82, 2.24) is 9.80 Å². The first-order chi connectivity index (χ1) is 8.82. The Labute approximate surface area is 110 Å². The summed E-state index contributed by atoms with van der Waals surface area (Å²) in [4.78, 5) is 15.9. The Morgan fingerprint density at radius 2 is 1.84 bits per heavy atom. The Balaban J connectivity index is 1.98. The number of piperazine rings is 1. The van der Waals surface area contributed by atoms with Gasteiger partial charge in [0, 0.05) is 25.2 Å². The number of alkyl halides is 3. The number of amides is 1. The molecule has 3 atom stereocenters. The Bertz CT molecular complexity index is 334. The van der Waals surface area contributed by atoms with Crippen LogP contribution in [0.4, 0.5) is 13.2 Å². The molecule has 0 aromatic carbocycles. The van der Waals surface area contributed by atoms with Crippen LogP contribution in [0.2, 0.25) is 0 Å². The first-order valence-electron chi connectivity index (χ1n) is 6.68. The van der Waals surface area contributed by atoms with Crippen molar-refractivity contribution < 1.29 is 18.0 Å². The second-order valence-corrected chi connectivity index (χ2v) is 5.39. The number of hydrogen-bond acceptors (Lipinski definition) is 3. The molecule has 0 spiro atoms. The lowest BCUT2D eigenvalue weighted by Crippen LogP contribution is -2.56. The lowest BCUT2D eigenvalue weighted by molar-refractivity contribution is -0.160. The van der Waals surface area contributed by atoms with E-state index in [-0.39, 0.29) is 12.1 Å². The molecule has 2 fully saturated rings. The molecule has 2 aliphatic rings. The Morgan fingerprint density at radius 1 is 1.32 bits per heavy atom. The van der Waals surface area contributed by atoms with Crippen LogP contribution in [-0.2, 0) is 4.79 Å². The summed E-state index contributed by atoms with van der Waals surface area (Å²) in [6.45, 7) is 4.49. The molecule has 2 aliphatic heterocycles. The van der Waals surface area contributed by atoms with E-state index in [9.17, 15) is 18.0 Å². The van der Waals surface area contributed by atoms with Gasteiger partial charge in [0.2, 0.25) is 5.91 Å². The molecule has 0 radical (unpaired) electrons. The molecule has 2 heterocycles. The van der Waals surface area contributed by atoms with Crippen molar-refractivity contribution in [2.75, 3.05) is 19.6 Å². The van der Waals surface area contributed by atoms with Crippen LogP contribution in [0.25, 0.3) is 0 Å². The second kappa shape index (κ2) is 5.28. The number of nitrogens with two attached hydrogens (primary N) is 1. The van der Waals surface area contributed by atoms with Gasteiger partial charge in [-0.05, 0) is 19.4 Å². The molecule has 110 valence electrons. The van der Waals surface area contributed by atoms with Gasteiger partial charge in [0.05, 0.1) is 6.42 Å². The number of hydrogen-bond donors (Lipinski definition) is 1. The highest BCUT2D eigenvalue weighted by Gasteiger charge is 2.45. The van der Waals surface area contributed by atoms with Gasteiger partial charge in [-0.25, -0.2) is 0 Å². The van der Waals surface area contributed by atoms with Crippen LogP contribution in [0.15, 0.2) is 0 Å². The van der Waals surface area contributed by atoms with Crippen LogP contribution >= 0.6 is 0 Å². The highest BCUT2D eigenvalue weighted by atomic mass is 19.4. The van der Waals surface area contributed by atoms with Gasteiger partial charge in [-0.3, -0.25) is 9.69 Å². The fraction of sp³-hybridized carbons (Fsp3) is 0.917. The number of likely N-dealkylation sites (N-methyl/N-ethyl adjacent to an activating group) is 1. The third-order valence-electron chi connectivity index (χ3n) is 4.11. The number of rotatable bonds is 3. The first kappa shape index (κ1) is 14.6. The summed E-state index contributed by atoms with van der Waals surface area (Å²) in [5, 5.41) is 0. The quantitative estimate of drug-likeness (QED) is 0.837. The van der Waals surface area contributed by atoms with Crippen LogP contribution in [0.3, 0.4) is 0 Å². The molecule has 2 saturated heterocycles. The summed E-state index contributed by atoms with van der Waals surface area (Å²) in [5.41, 5.74) is 5.04. The molecule has 3 unspecified atom stereocenters. The van der Waals surface area contributed by atoms with E-state index in [1.807, 2.05) is 0 Å². The summed E-state index contributed by atoms with van der Waals surface area (Å²) in [5.74, 6) is -0.451. The van der Waals surface area contributed by atoms with Crippen molar-refractivity contribution in [3.8, 4) is 0 Å². The zero-order valence-electron chi connectivity index (χ0n) is 11.0. The minimum Gasteiger partial charge on any atom is -0.334 e. The highest BCUT2D eigenvalue weighted by molar-refractivity contribution is 5.78. The minimum absolute atomic E-state index is 0.0617. The van der Waals surface area contributed by atoms with E-state index < -0.39 is 24.5 Å². The molecular weight excluding hydrogens is 259 g/mol. The number of likely N-dealkylation sites (tertiary alicyclic amines) is 1. The summed E-state index contributed by atoms with van der Waals surface area (Å²) in [7, 11) is 0. The van der Waals surface area contributed by atoms with Crippen molar-refractivity contribution in [3.05, 3.63) is 0 Å². The Hall–Kier alpha value is -0.820. The maximum absolute atomic E-state index is 12.4. The van der Waals surface area contributed by atoms with Crippen LogP contribution in [0.5, 0.6) is 0 Å². The average Bonchev–Trinajstić information content (AvgIpc) is 2.59. The van der Waals surface area contributed by atoms with E-state index in [4.69, 9.17) is 5.73 Å². The predicted molar refractivity (Wildman–Crippen MR) is 64.4 cm³/mol. The van der Waals surface area contributed by atoms with Crippen molar-refractivity contribution in [3.63, 3.8) is 0 Å². The van der Waals surface area contributed by atoms with E-state index in [1.165, 1.54) is 0 Å². The van der Waals surface area contributed by atoms with Crippen LogP contribution in [-0.4, -0.2) is 59.6 Å². The number of nitrogens with zero attached hydrogens (tertiary/aromatic N) is 2. The minimum atomic E-state index is -4.50. The monoisotopic (exact) mass is 279 g/mol. The van der Waals surface area contributed by atoms with E-state index in [0.717, 1.165) is 32.5 Å². The SMILES string of the molecule is CCN1CC2CCC(C1)N2C(=O)CC(N)C(F)(F)F. The zero-order valence-corrected chi connectivity index (χ0v) is 11.0. The van der Waals surface area contributed by atoms with Gasteiger partial charge in [-0.2, -0.15) is 13.2 Å². The van der Waals surface area contributed by atoms with Crippen LogP contribution in [0, 0.1) is 0 Å². The summed E-state index contributed by atoms with van der Waals surface area (Å²) in [6.07, 6.45) is -3.37. The van der Waals surface area contributed by atoms with Gasteiger partial charge in [0.15, 0.2) is 0 Å². The maximum Gasteiger partial charge on any atom is 0.404 e. The maximum atomic E-state index is 12.4. The number of carbonyl (C=O) groups is 1. The predicted octanol–water partition coefficient (Wildman–Crippen LogP) is 0.961. The average molecular weight is 279 g/mol. The molecule has 19 heavy (non-hydrogen) atoms. The number of halogens is 3. The third-order valence-corrected chi connectivity index (χ3v) is 4.11. The lowest BCUT2D eigenvalue weighted by Gasteiger charge is -2.41. The summed E-state index contributed by atoms with van der Waals surface area (Å²) in [6, 6.07) is -1.93. The van der Waals surface area contributed by atoms with Gasteiger partial charge in [0.25, 0.3) is 0 Å². The molecule has 0 aromatic heterocycles. The smallest absolute Gasteiger partial charge is 0.334 e. The van der Waals surface area contributed by atoms with E-state index in [1.54, 1.807) is 4.90 Å². The van der Waals surface area contributed by atoms with Crippen LogP contribution in [0.1, 0.15) is 26.2 Å². The molecule has 1 amide bonds. The summed E-state index contributed by atoms with van der Waals surface area (Å²) >= 11 is 0. The topological polar surface area (TPSA) is 49.6 Å². The molecule has 2 rings (SSSR count). The molecule has 0 saturated carbocycles. The third kappa shape index (κ3) is 3.02. The normalized spacial score (nSPS) is 29.6. The molecule has 0 aromatic rings.